The van der Waals surface area contributed by atoms with Gasteiger partial charge in [0.2, 0.25) is 0 Å². The molecule has 0 aliphatic heterocycles. The van der Waals surface area contributed by atoms with Crippen molar-refractivity contribution in [2.75, 3.05) is 0 Å². The topological polar surface area (TPSA) is 43.3 Å². The van der Waals surface area contributed by atoms with Gasteiger partial charge in [-0.15, -0.1) is 0 Å². The van der Waals surface area contributed by atoms with Gasteiger partial charge in [0, 0.05) is 25.5 Å². The molecule has 0 bridgehead atoms. The number of aromatic nitrogens is 1. The van der Waals surface area contributed by atoms with Gasteiger partial charge in [0.25, 0.3) is 5.91 Å². The molecular weight excluding hydrogens is 297 g/mol. The number of carbonyl (C=O) groups is 1. The molecule has 1 amide bonds. The summed E-state index contributed by atoms with van der Waals surface area (Å²) in [5, 5.41) is 2.65. The number of amides is 1. The van der Waals surface area contributed by atoms with Crippen LogP contribution in [-0.4, -0.2) is 17.1 Å². The Morgan fingerprint density at radius 2 is 2.09 bits per heavy atom. The van der Waals surface area contributed by atoms with E-state index >= 15 is 0 Å². The third-order valence-electron chi connectivity index (χ3n) is 3.29. The number of rotatable bonds is 5. The van der Waals surface area contributed by atoms with E-state index in [-0.39, 0.29) is 12.5 Å². The molecular formula is C15H15F3N2O2. The van der Waals surface area contributed by atoms with Crippen LogP contribution in [0.5, 0.6) is 5.75 Å². The van der Waals surface area contributed by atoms with Crippen LogP contribution in [0.3, 0.4) is 0 Å². The molecule has 1 N–H and O–H groups in total. The van der Waals surface area contributed by atoms with Gasteiger partial charge in [-0.2, -0.15) is 8.78 Å². The summed E-state index contributed by atoms with van der Waals surface area (Å²) in [6.07, 6.45) is 1.76. The third kappa shape index (κ3) is 3.60. The number of hydrogen-bond acceptors (Lipinski definition) is 2. The minimum atomic E-state index is -3.08. The van der Waals surface area contributed by atoms with E-state index in [4.69, 9.17) is 0 Å². The van der Waals surface area contributed by atoms with Crippen LogP contribution in [0.1, 0.15) is 21.6 Å². The molecule has 0 saturated carbocycles. The molecule has 1 aromatic heterocycles. The molecule has 22 heavy (non-hydrogen) atoms. The van der Waals surface area contributed by atoms with Crippen molar-refractivity contribution in [1.82, 2.24) is 9.88 Å². The van der Waals surface area contributed by atoms with E-state index in [1.807, 2.05) is 18.5 Å². The summed E-state index contributed by atoms with van der Waals surface area (Å²) in [6.45, 7) is -1.19. The van der Waals surface area contributed by atoms with Crippen LogP contribution >= 0.6 is 0 Å². The first-order valence-corrected chi connectivity index (χ1v) is 6.52. The molecule has 0 fully saturated rings. The Hall–Kier alpha value is -2.44. The van der Waals surface area contributed by atoms with Gasteiger partial charge < -0.3 is 14.6 Å². The second kappa shape index (κ2) is 6.55. The molecule has 0 saturated heterocycles. The van der Waals surface area contributed by atoms with Gasteiger partial charge in [0.1, 0.15) is 0 Å². The summed E-state index contributed by atoms with van der Waals surface area (Å²) in [7, 11) is 1.82. The van der Waals surface area contributed by atoms with E-state index in [1.165, 1.54) is 6.07 Å². The molecule has 2 rings (SSSR count). The average Bonchev–Trinajstić information content (AvgIpc) is 2.79. The number of halogens is 3. The van der Waals surface area contributed by atoms with Gasteiger partial charge in [0.05, 0.1) is 5.56 Å². The van der Waals surface area contributed by atoms with E-state index in [0.717, 1.165) is 17.8 Å². The summed E-state index contributed by atoms with van der Waals surface area (Å²) in [6, 6.07) is 5.26. The lowest BCUT2D eigenvalue weighted by molar-refractivity contribution is -0.0522. The van der Waals surface area contributed by atoms with Gasteiger partial charge >= 0.3 is 6.61 Å². The maximum Gasteiger partial charge on any atom is 0.387 e. The van der Waals surface area contributed by atoms with Crippen molar-refractivity contribution in [2.45, 2.75) is 20.1 Å². The summed E-state index contributed by atoms with van der Waals surface area (Å²) >= 11 is 0. The zero-order valence-corrected chi connectivity index (χ0v) is 12.1. The van der Waals surface area contributed by atoms with Crippen LogP contribution < -0.4 is 10.1 Å². The summed E-state index contributed by atoms with van der Waals surface area (Å²) in [5.74, 6) is -1.71. The maximum atomic E-state index is 13.6. The SMILES string of the molecule is Cc1c(C(=O)NCc2ccc(OC(F)F)c(F)c2)ccn1C. The van der Waals surface area contributed by atoms with E-state index in [1.54, 1.807) is 12.3 Å². The fourth-order valence-corrected chi connectivity index (χ4v) is 1.97. The second-order valence-corrected chi connectivity index (χ2v) is 4.75. The van der Waals surface area contributed by atoms with Crippen LogP contribution in [0.2, 0.25) is 0 Å². The van der Waals surface area contributed by atoms with Crippen molar-refractivity contribution in [2.24, 2.45) is 7.05 Å². The zero-order valence-electron chi connectivity index (χ0n) is 12.1. The number of ether oxygens (including phenoxy) is 1. The highest BCUT2D eigenvalue weighted by Gasteiger charge is 2.13. The highest BCUT2D eigenvalue weighted by molar-refractivity contribution is 5.95. The van der Waals surface area contributed by atoms with Crippen molar-refractivity contribution < 1.29 is 22.7 Å². The number of benzene rings is 1. The molecule has 0 atom stereocenters. The number of hydrogen-bond donors (Lipinski definition) is 1. The molecule has 7 heteroatoms. The first kappa shape index (κ1) is 15.9. The number of aryl methyl sites for hydroxylation is 1. The van der Waals surface area contributed by atoms with Crippen LogP contribution in [0, 0.1) is 12.7 Å². The summed E-state index contributed by atoms with van der Waals surface area (Å²) in [5.41, 5.74) is 1.78. The van der Waals surface area contributed by atoms with Crippen LogP contribution in [0.25, 0.3) is 0 Å². The number of nitrogens with one attached hydrogen (secondary N) is 1. The molecule has 4 nitrogen and oxygen atoms in total. The summed E-state index contributed by atoms with van der Waals surface area (Å²) in [4.78, 5) is 12.0. The van der Waals surface area contributed by atoms with Gasteiger partial charge in [0.15, 0.2) is 11.6 Å². The molecule has 2 aromatic rings. The quantitative estimate of drug-likeness (QED) is 0.922. The van der Waals surface area contributed by atoms with Crippen LogP contribution in [0.15, 0.2) is 30.5 Å². The Balaban J connectivity index is 2.01. The first-order chi connectivity index (χ1) is 10.4. The molecule has 0 unspecified atom stereocenters. The molecule has 0 spiro atoms. The Bertz CT molecular complexity index is 683. The Kier molecular flexibility index (Phi) is 4.75. The standard InChI is InChI=1S/C15H15F3N2O2/c1-9-11(5-6-20(9)2)14(21)19-8-10-3-4-13(12(16)7-10)22-15(17)18/h3-7,15H,8H2,1-2H3,(H,19,21). The van der Waals surface area contributed by atoms with Crippen molar-refractivity contribution in [3.05, 3.63) is 53.1 Å². The second-order valence-electron chi connectivity index (χ2n) is 4.75. The average molecular weight is 312 g/mol. The van der Waals surface area contributed by atoms with Gasteiger partial charge in [-0.05, 0) is 30.7 Å². The lowest BCUT2D eigenvalue weighted by Crippen LogP contribution is -2.23. The highest BCUT2D eigenvalue weighted by atomic mass is 19.3. The van der Waals surface area contributed by atoms with Crippen molar-refractivity contribution in [3.8, 4) is 5.75 Å². The Morgan fingerprint density at radius 3 is 2.64 bits per heavy atom. The molecule has 1 aromatic carbocycles. The minimum absolute atomic E-state index is 0.0824. The molecule has 0 aliphatic rings. The maximum absolute atomic E-state index is 13.6. The molecule has 1 heterocycles. The van der Waals surface area contributed by atoms with Crippen LogP contribution in [-0.2, 0) is 13.6 Å². The lowest BCUT2D eigenvalue weighted by atomic mass is 10.2. The highest BCUT2D eigenvalue weighted by Crippen LogP contribution is 2.20. The fraction of sp³-hybridized carbons (Fsp3) is 0.267. The Morgan fingerprint density at radius 1 is 1.36 bits per heavy atom. The van der Waals surface area contributed by atoms with Crippen molar-refractivity contribution in [3.63, 3.8) is 0 Å². The first-order valence-electron chi connectivity index (χ1n) is 6.52. The van der Waals surface area contributed by atoms with E-state index in [2.05, 4.69) is 10.1 Å². The van der Waals surface area contributed by atoms with Crippen molar-refractivity contribution >= 4 is 5.91 Å². The number of alkyl halides is 2. The third-order valence-corrected chi connectivity index (χ3v) is 3.29. The van der Waals surface area contributed by atoms with Gasteiger partial charge in [-0.3, -0.25) is 4.79 Å². The predicted molar refractivity (Wildman–Crippen MR) is 74.4 cm³/mol. The largest absolute Gasteiger partial charge is 0.432 e. The predicted octanol–water partition coefficient (Wildman–Crippen LogP) is 3.00. The molecule has 0 radical (unpaired) electrons. The van der Waals surface area contributed by atoms with E-state index in [9.17, 15) is 18.0 Å². The Labute approximate surface area is 125 Å². The summed E-state index contributed by atoms with van der Waals surface area (Å²) < 4.78 is 43.4. The van der Waals surface area contributed by atoms with Crippen molar-refractivity contribution in [1.29, 1.82) is 0 Å². The fourth-order valence-electron chi connectivity index (χ4n) is 1.97. The van der Waals surface area contributed by atoms with Gasteiger partial charge in [-0.1, -0.05) is 6.07 Å². The van der Waals surface area contributed by atoms with Crippen LogP contribution in [0.4, 0.5) is 13.2 Å². The van der Waals surface area contributed by atoms with E-state index in [0.29, 0.717) is 11.1 Å². The smallest absolute Gasteiger partial charge is 0.387 e. The number of nitrogens with zero attached hydrogens (tertiary/aromatic N) is 1. The lowest BCUT2D eigenvalue weighted by Gasteiger charge is -2.09. The van der Waals surface area contributed by atoms with Gasteiger partial charge in [-0.25, -0.2) is 4.39 Å². The minimum Gasteiger partial charge on any atom is -0.432 e. The van der Waals surface area contributed by atoms with E-state index < -0.39 is 18.2 Å². The monoisotopic (exact) mass is 312 g/mol. The molecule has 118 valence electrons. The molecule has 0 aliphatic carbocycles. The normalized spacial score (nSPS) is 10.8. The zero-order chi connectivity index (χ0) is 16.3. The number of carbonyl (C=O) groups excluding carboxylic acids is 1.